The van der Waals surface area contributed by atoms with Crippen LogP contribution in [-0.4, -0.2) is 21.3 Å². The Hall–Kier alpha value is -2.86. The van der Waals surface area contributed by atoms with Gasteiger partial charge in [-0.3, -0.25) is 9.78 Å². The number of rotatable bonds is 8. The zero-order valence-corrected chi connectivity index (χ0v) is 17.0. The number of thiazole rings is 1. The van der Waals surface area contributed by atoms with Gasteiger partial charge in [-0.25, -0.2) is 4.57 Å². The highest BCUT2D eigenvalue weighted by Gasteiger charge is 2.14. The number of benzene rings is 1. The van der Waals surface area contributed by atoms with Crippen LogP contribution in [0, 0.1) is 0 Å². The topological polar surface area (TPSA) is 64.3 Å². The molecule has 0 bridgehead atoms. The number of aromatic nitrogens is 2. The molecule has 0 aliphatic heterocycles. The Balaban J connectivity index is 1.57. The summed E-state index contributed by atoms with van der Waals surface area (Å²) in [5.74, 6) is 0.760. The summed E-state index contributed by atoms with van der Waals surface area (Å²) in [6.07, 6.45) is 4.14. The van der Waals surface area contributed by atoms with E-state index < -0.39 is 0 Å². The number of nitrogens with zero attached hydrogens (tertiary/aromatic N) is 2. The lowest BCUT2D eigenvalue weighted by atomic mass is 10.1. The molecule has 3 rings (SSSR count). The zero-order chi connectivity index (χ0) is 20.1. The number of ether oxygens (including phenoxy) is 1. The van der Waals surface area contributed by atoms with E-state index in [1.54, 1.807) is 6.92 Å². The molecule has 0 aliphatic carbocycles. The summed E-state index contributed by atoms with van der Waals surface area (Å²) in [5.41, 5.74) is 3.75. The molecule has 0 atom stereocenters. The molecule has 6 heteroatoms. The van der Waals surface area contributed by atoms with Crippen LogP contribution in [0.5, 0.6) is 11.6 Å². The molecule has 0 fully saturated rings. The Labute approximate surface area is 168 Å². The van der Waals surface area contributed by atoms with Crippen LogP contribution in [0.15, 0.2) is 54.0 Å². The van der Waals surface area contributed by atoms with Crippen molar-refractivity contribution < 1.29 is 9.84 Å². The molecule has 2 heterocycles. The maximum absolute atomic E-state index is 12.0. The number of hydrogen-bond donors (Lipinski definition) is 1. The molecule has 1 N–H and O–H groups in total. The second-order valence-corrected chi connectivity index (χ2v) is 7.66. The Bertz CT molecular complexity index is 1000. The van der Waals surface area contributed by atoms with Crippen molar-refractivity contribution in [3.8, 4) is 11.6 Å². The number of aromatic hydroxyl groups is 1. The predicted octanol–water partition coefficient (Wildman–Crippen LogP) is 4.28. The summed E-state index contributed by atoms with van der Waals surface area (Å²) in [5, 5.41) is 10.2. The van der Waals surface area contributed by atoms with Crippen molar-refractivity contribution in [3.05, 3.63) is 80.5 Å². The molecule has 3 aromatic rings. The molecule has 2 aromatic heterocycles. The van der Waals surface area contributed by atoms with Gasteiger partial charge in [0.05, 0.1) is 11.5 Å². The molecule has 0 amide bonds. The van der Waals surface area contributed by atoms with Crippen molar-refractivity contribution in [2.75, 3.05) is 6.61 Å². The van der Waals surface area contributed by atoms with Crippen LogP contribution in [0.25, 0.3) is 5.70 Å². The maximum Gasteiger partial charge on any atom is 0.314 e. The third kappa shape index (κ3) is 4.70. The lowest BCUT2D eigenvalue weighted by Crippen LogP contribution is -2.08. The Kier molecular flexibility index (Phi) is 6.31. The molecule has 0 radical (unpaired) electrons. The minimum Gasteiger partial charge on any atom is -0.493 e. The van der Waals surface area contributed by atoms with Crippen molar-refractivity contribution in [1.82, 2.24) is 9.55 Å². The Morgan fingerprint density at radius 1 is 1.21 bits per heavy atom. The van der Waals surface area contributed by atoms with Crippen LogP contribution in [-0.2, 0) is 19.3 Å². The van der Waals surface area contributed by atoms with E-state index in [9.17, 15) is 9.90 Å². The number of hydrogen-bond acceptors (Lipinski definition) is 5. The van der Waals surface area contributed by atoms with E-state index in [-0.39, 0.29) is 10.8 Å². The van der Waals surface area contributed by atoms with E-state index in [0.717, 1.165) is 41.2 Å². The van der Waals surface area contributed by atoms with E-state index in [0.29, 0.717) is 23.6 Å². The lowest BCUT2D eigenvalue weighted by Gasteiger charge is -2.08. The number of pyridine rings is 1. The molecule has 146 valence electrons. The Morgan fingerprint density at radius 3 is 2.50 bits per heavy atom. The average Bonchev–Trinajstić information content (AvgIpc) is 2.97. The van der Waals surface area contributed by atoms with Gasteiger partial charge < -0.3 is 9.84 Å². The van der Waals surface area contributed by atoms with Gasteiger partial charge in [0, 0.05) is 30.4 Å². The van der Waals surface area contributed by atoms with Crippen LogP contribution in [0.2, 0.25) is 0 Å². The van der Waals surface area contributed by atoms with E-state index >= 15 is 0 Å². The third-order valence-corrected chi connectivity index (χ3v) is 5.38. The fraction of sp³-hybridized carbons (Fsp3) is 0.273. The van der Waals surface area contributed by atoms with Gasteiger partial charge in [0.25, 0.3) is 0 Å². The van der Waals surface area contributed by atoms with Gasteiger partial charge in [-0.1, -0.05) is 43.0 Å². The van der Waals surface area contributed by atoms with Crippen LogP contribution in [0.4, 0.5) is 0 Å². The zero-order valence-electron chi connectivity index (χ0n) is 16.1. The van der Waals surface area contributed by atoms with Gasteiger partial charge in [-0.2, -0.15) is 0 Å². The van der Waals surface area contributed by atoms with Gasteiger partial charge >= 0.3 is 4.87 Å². The minimum atomic E-state index is -0.222. The summed E-state index contributed by atoms with van der Waals surface area (Å²) < 4.78 is 7.03. The molecule has 1 aromatic carbocycles. The van der Waals surface area contributed by atoms with Crippen LogP contribution >= 0.6 is 11.3 Å². The standard InChI is InChI=1S/C22H24N2O3S/c1-4-16-5-8-18(23-14-16)11-12-27-19-9-6-17(7-10-19)13-20-21(25)24(15(2)3)22(26)28-20/h5-10,14,25H,2,4,11-13H2,1,3H3. The number of allylic oxidation sites excluding steroid dienone is 1. The molecule has 0 spiro atoms. The molecule has 0 unspecified atom stereocenters. The molecule has 0 saturated heterocycles. The summed E-state index contributed by atoms with van der Waals surface area (Å²) in [6, 6.07) is 11.8. The molecule has 28 heavy (non-hydrogen) atoms. The van der Waals surface area contributed by atoms with E-state index in [1.165, 1.54) is 10.1 Å². The summed E-state index contributed by atoms with van der Waals surface area (Å²) in [6.45, 7) is 8.09. The van der Waals surface area contributed by atoms with E-state index in [1.807, 2.05) is 36.5 Å². The first kappa shape index (κ1) is 19.9. The summed E-state index contributed by atoms with van der Waals surface area (Å²) in [4.78, 5) is 16.8. The van der Waals surface area contributed by atoms with Gasteiger partial charge in [-0.05, 0) is 42.7 Å². The fourth-order valence-electron chi connectivity index (χ4n) is 2.83. The fourth-order valence-corrected chi connectivity index (χ4v) is 3.80. The number of aryl methyl sites for hydroxylation is 1. The summed E-state index contributed by atoms with van der Waals surface area (Å²) in [7, 11) is 0. The van der Waals surface area contributed by atoms with E-state index in [2.05, 4.69) is 24.6 Å². The largest absolute Gasteiger partial charge is 0.493 e. The highest BCUT2D eigenvalue weighted by Crippen LogP contribution is 2.26. The van der Waals surface area contributed by atoms with Gasteiger partial charge in [0.15, 0.2) is 0 Å². The van der Waals surface area contributed by atoms with Crippen LogP contribution < -0.4 is 9.61 Å². The maximum atomic E-state index is 12.0. The highest BCUT2D eigenvalue weighted by molar-refractivity contribution is 7.09. The van der Waals surface area contributed by atoms with E-state index in [4.69, 9.17) is 4.74 Å². The lowest BCUT2D eigenvalue weighted by molar-refractivity contribution is 0.320. The Morgan fingerprint density at radius 2 is 1.93 bits per heavy atom. The first-order valence-electron chi connectivity index (χ1n) is 9.23. The van der Waals surface area contributed by atoms with Crippen molar-refractivity contribution in [2.24, 2.45) is 0 Å². The van der Waals surface area contributed by atoms with Crippen LogP contribution in [0.1, 0.15) is 35.5 Å². The van der Waals surface area contributed by atoms with Crippen molar-refractivity contribution in [1.29, 1.82) is 0 Å². The quantitative estimate of drug-likeness (QED) is 0.617. The monoisotopic (exact) mass is 396 g/mol. The molecular weight excluding hydrogens is 372 g/mol. The predicted molar refractivity (Wildman–Crippen MR) is 113 cm³/mol. The smallest absolute Gasteiger partial charge is 0.314 e. The molecular formula is C22H24N2O3S. The van der Waals surface area contributed by atoms with Gasteiger partial charge in [-0.15, -0.1) is 0 Å². The second-order valence-electron chi connectivity index (χ2n) is 6.62. The third-order valence-electron chi connectivity index (χ3n) is 4.45. The van der Waals surface area contributed by atoms with Crippen LogP contribution in [0.3, 0.4) is 0 Å². The van der Waals surface area contributed by atoms with Gasteiger partial charge in [0.2, 0.25) is 5.88 Å². The summed E-state index contributed by atoms with van der Waals surface area (Å²) >= 11 is 1.04. The average molecular weight is 397 g/mol. The first-order chi connectivity index (χ1) is 13.5. The highest BCUT2D eigenvalue weighted by atomic mass is 32.1. The van der Waals surface area contributed by atoms with Gasteiger partial charge in [0.1, 0.15) is 5.75 Å². The molecule has 0 aliphatic rings. The SMILES string of the molecule is C=C(C)n1c(O)c(Cc2ccc(OCCc3ccc(CC)cn3)cc2)sc1=O. The van der Waals surface area contributed by atoms with Crippen molar-refractivity contribution >= 4 is 17.0 Å². The molecule has 0 saturated carbocycles. The van der Waals surface area contributed by atoms with Crippen molar-refractivity contribution in [2.45, 2.75) is 33.1 Å². The first-order valence-corrected chi connectivity index (χ1v) is 10.0. The second kappa shape index (κ2) is 8.89. The normalized spacial score (nSPS) is 10.8. The minimum absolute atomic E-state index is 0.0237. The van der Waals surface area contributed by atoms with Crippen molar-refractivity contribution in [3.63, 3.8) is 0 Å². The molecule has 5 nitrogen and oxygen atoms in total.